The second-order valence-corrected chi connectivity index (χ2v) is 9.44. The number of anilines is 1. The summed E-state index contributed by atoms with van der Waals surface area (Å²) < 4.78 is 17.1. The number of rotatable bonds is 4. The van der Waals surface area contributed by atoms with Gasteiger partial charge in [0.25, 0.3) is 0 Å². The van der Waals surface area contributed by atoms with Gasteiger partial charge in [0.05, 0.1) is 37.8 Å². The van der Waals surface area contributed by atoms with Crippen molar-refractivity contribution in [3.05, 3.63) is 89.0 Å². The predicted molar refractivity (Wildman–Crippen MR) is 132 cm³/mol. The lowest BCUT2D eigenvalue weighted by molar-refractivity contribution is -0.127. The minimum Gasteiger partial charge on any atom is -0.493 e. The third-order valence-electron chi connectivity index (χ3n) is 7.55. The van der Waals surface area contributed by atoms with Gasteiger partial charge in [0.1, 0.15) is 0 Å². The predicted octanol–water partition coefficient (Wildman–Crippen LogP) is 3.71. The lowest BCUT2D eigenvalue weighted by atomic mass is 9.77. The van der Waals surface area contributed by atoms with Crippen LogP contribution in [0, 0.1) is 18.8 Å². The number of amides is 2. The van der Waals surface area contributed by atoms with E-state index in [0.29, 0.717) is 22.7 Å². The smallest absolute Gasteiger partial charge is 0.241 e. The number of carbonyl (C=O) groups excluding carboxylic acids is 4. The van der Waals surface area contributed by atoms with Crippen LogP contribution in [-0.4, -0.2) is 43.2 Å². The Balaban J connectivity index is 1.54. The number of hydrogen-bond donors (Lipinski definition) is 0. The van der Waals surface area contributed by atoms with E-state index in [-0.39, 0.29) is 11.1 Å². The van der Waals surface area contributed by atoms with Crippen LogP contribution in [0.3, 0.4) is 0 Å². The molecule has 2 fully saturated rings. The van der Waals surface area contributed by atoms with Crippen LogP contribution >= 0.6 is 0 Å². The monoisotopic (exact) mass is 497 g/mol. The summed E-state index contributed by atoms with van der Waals surface area (Å²) in [6, 6.07) is 18.3. The molecule has 1 spiro atoms. The summed E-state index contributed by atoms with van der Waals surface area (Å²) in [5.41, 5.74) is 0.0852. The van der Waals surface area contributed by atoms with Gasteiger partial charge >= 0.3 is 0 Å². The van der Waals surface area contributed by atoms with Crippen molar-refractivity contribution < 1.29 is 33.4 Å². The van der Waals surface area contributed by atoms with Crippen LogP contribution in [0.1, 0.15) is 37.9 Å². The molecule has 3 aliphatic rings. The third-order valence-corrected chi connectivity index (χ3v) is 7.55. The maximum atomic E-state index is 14.0. The molecule has 3 aromatic rings. The molecule has 6 rings (SSSR count). The molecule has 2 aliphatic heterocycles. The molecule has 0 bridgehead atoms. The van der Waals surface area contributed by atoms with E-state index in [0.717, 1.165) is 10.5 Å². The summed E-state index contributed by atoms with van der Waals surface area (Å²) in [6.07, 6.45) is -1.04. The molecule has 8 heteroatoms. The molecule has 2 heterocycles. The maximum Gasteiger partial charge on any atom is 0.241 e. The topological polar surface area (TPSA) is 99.2 Å². The van der Waals surface area contributed by atoms with Crippen molar-refractivity contribution in [2.75, 3.05) is 19.1 Å². The minimum absolute atomic E-state index is 0.188. The van der Waals surface area contributed by atoms with Crippen molar-refractivity contribution >= 4 is 29.1 Å². The minimum atomic E-state index is -2.13. The summed E-state index contributed by atoms with van der Waals surface area (Å²) in [5, 5.41) is 0. The van der Waals surface area contributed by atoms with Gasteiger partial charge in [0.15, 0.2) is 11.5 Å². The molecule has 37 heavy (non-hydrogen) atoms. The highest BCUT2D eigenvalue weighted by Crippen LogP contribution is 2.58. The fourth-order valence-electron chi connectivity index (χ4n) is 5.80. The first-order valence-electron chi connectivity index (χ1n) is 11.9. The number of nitrogens with zero attached hydrogens (tertiary/aromatic N) is 1. The Morgan fingerprint density at radius 3 is 2.00 bits per heavy atom. The Kier molecular flexibility index (Phi) is 5.07. The van der Waals surface area contributed by atoms with E-state index in [1.165, 1.54) is 14.2 Å². The van der Waals surface area contributed by atoms with Gasteiger partial charge in [-0.3, -0.25) is 19.2 Å². The van der Waals surface area contributed by atoms with E-state index in [2.05, 4.69) is 0 Å². The van der Waals surface area contributed by atoms with E-state index in [1.807, 2.05) is 6.92 Å². The molecular formula is C29H23NO7. The van der Waals surface area contributed by atoms with Gasteiger partial charge < -0.3 is 14.2 Å². The van der Waals surface area contributed by atoms with Gasteiger partial charge in [0, 0.05) is 11.1 Å². The zero-order chi connectivity index (χ0) is 26.1. The summed E-state index contributed by atoms with van der Waals surface area (Å²) in [5.74, 6) is -3.90. The van der Waals surface area contributed by atoms with Crippen LogP contribution < -0.4 is 14.4 Å². The fourth-order valence-corrected chi connectivity index (χ4v) is 5.80. The molecule has 0 aromatic heterocycles. The number of methoxy groups -OCH3 is 2. The molecule has 0 radical (unpaired) electrons. The number of aryl methyl sites for hydroxylation is 1. The second kappa shape index (κ2) is 8.11. The Labute approximate surface area is 212 Å². The van der Waals surface area contributed by atoms with Crippen molar-refractivity contribution in [2.24, 2.45) is 11.8 Å². The van der Waals surface area contributed by atoms with Gasteiger partial charge in [-0.25, -0.2) is 4.90 Å². The van der Waals surface area contributed by atoms with Gasteiger partial charge in [-0.05, 0) is 36.8 Å². The highest BCUT2D eigenvalue weighted by atomic mass is 16.5. The van der Waals surface area contributed by atoms with Crippen molar-refractivity contribution in [3.8, 4) is 11.5 Å². The van der Waals surface area contributed by atoms with Crippen molar-refractivity contribution in [1.82, 2.24) is 0 Å². The molecular weight excluding hydrogens is 474 g/mol. The Bertz CT molecular complexity index is 1460. The van der Waals surface area contributed by atoms with Crippen LogP contribution in [0.25, 0.3) is 0 Å². The Morgan fingerprint density at radius 2 is 1.41 bits per heavy atom. The number of benzene rings is 3. The van der Waals surface area contributed by atoms with Crippen molar-refractivity contribution in [1.29, 1.82) is 0 Å². The first kappa shape index (κ1) is 23.1. The summed E-state index contributed by atoms with van der Waals surface area (Å²) in [7, 11) is 2.98. The summed E-state index contributed by atoms with van der Waals surface area (Å²) in [4.78, 5) is 56.6. The molecule has 3 aromatic carbocycles. The molecule has 186 valence electrons. The number of carbonyl (C=O) groups is 4. The molecule has 3 atom stereocenters. The number of hydrogen-bond acceptors (Lipinski definition) is 7. The summed E-state index contributed by atoms with van der Waals surface area (Å²) >= 11 is 0. The number of ketones is 2. The van der Waals surface area contributed by atoms with E-state index in [9.17, 15) is 19.2 Å². The van der Waals surface area contributed by atoms with Crippen molar-refractivity contribution in [2.45, 2.75) is 18.6 Å². The zero-order valence-electron chi connectivity index (χ0n) is 20.4. The molecule has 2 saturated heterocycles. The average Bonchev–Trinajstić information content (AvgIpc) is 3.49. The molecule has 1 aliphatic carbocycles. The summed E-state index contributed by atoms with van der Waals surface area (Å²) in [6.45, 7) is 1.90. The van der Waals surface area contributed by atoms with Crippen LogP contribution in [-0.2, 0) is 14.3 Å². The van der Waals surface area contributed by atoms with Gasteiger partial charge in [-0.2, -0.15) is 0 Å². The second-order valence-electron chi connectivity index (χ2n) is 9.44. The molecule has 2 amide bonds. The highest BCUT2D eigenvalue weighted by molar-refractivity contribution is 6.37. The van der Waals surface area contributed by atoms with Crippen molar-refractivity contribution in [3.63, 3.8) is 0 Å². The standard InChI is InChI=1S/C29H23NO7/c1-15-8-11-17(12-9-15)30-27(33)22-23(28(30)34)29(25(31)18-6-4-5-7-19(18)26(29)32)37-24(22)16-10-13-20(35-2)21(14-16)36-3/h4-14,22-24H,1-3H3. The Morgan fingerprint density at radius 1 is 0.784 bits per heavy atom. The lowest BCUT2D eigenvalue weighted by Gasteiger charge is -2.27. The van der Waals surface area contributed by atoms with Gasteiger partial charge in [-0.1, -0.05) is 48.0 Å². The fraction of sp³-hybridized carbons (Fsp3) is 0.241. The highest BCUT2D eigenvalue weighted by Gasteiger charge is 2.74. The number of fused-ring (bicyclic) bond motifs is 3. The first-order chi connectivity index (χ1) is 17.8. The molecule has 0 N–H and O–H groups in total. The lowest BCUT2D eigenvalue weighted by Crippen LogP contribution is -2.51. The van der Waals surface area contributed by atoms with Gasteiger partial charge in [0.2, 0.25) is 29.0 Å². The maximum absolute atomic E-state index is 14.0. The van der Waals surface area contributed by atoms with Crippen LogP contribution in [0.5, 0.6) is 11.5 Å². The molecule has 8 nitrogen and oxygen atoms in total. The number of imide groups is 1. The van der Waals surface area contributed by atoms with E-state index in [4.69, 9.17) is 14.2 Å². The SMILES string of the molecule is COc1ccc(C2OC3(C(=O)c4ccccc4C3=O)C3C(=O)N(c4ccc(C)cc4)C(=O)C23)cc1OC. The number of ether oxygens (including phenoxy) is 3. The third kappa shape index (κ3) is 2.99. The van der Waals surface area contributed by atoms with Gasteiger partial charge in [-0.15, -0.1) is 0 Å². The first-order valence-corrected chi connectivity index (χ1v) is 11.9. The van der Waals surface area contributed by atoms with Crippen LogP contribution in [0.15, 0.2) is 66.7 Å². The van der Waals surface area contributed by atoms with E-state index in [1.54, 1.807) is 66.7 Å². The molecule has 0 saturated carbocycles. The van der Waals surface area contributed by atoms with E-state index >= 15 is 0 Å². The average molecular weight is 498 g/mol. The van der Waals surface area contributed by atoms with Crippen LogP contribution in [0.2, 0.25) is 0 Å². The zero-order valence-corrected chi connectivity index (χ0v) is 20.4. The number of Topliss-reactive ketones (excluding diaryl/α,β-unsaturated/α-hetero) is 2. The largest absolute Gasteiger partial charge is 0.493 e. The normalized spacial score (nSPS) is 23.5. The molecule has 3 unspecified atom stereocenters. The Hall–Kier alpha value is -4.30. The van der Waals surface area contributed by atoms with Crippen LogP contribution in [0.4, 0.5) is 5.69 Å². The van der Waals surface area contributed by atoms with E-state index < -0.39 is 46.9 Å². The quantitative estimate of drug-likeness (QED) is 0.400.